The molecule has 0 fully saturated rings. The Labute approximate surface area is 146 Å². The van der Waals surface area contributed by atoms with Gasteiger partial charge in [-0.2, -0.15) is 0 Å². The summed E-state index contributed by atoms with van der Waals surface area (Å²) in [4.78, 5) is 36.8. The van der Waals surface area contributed by atoms with Gasteiger partial charge < -0.3 is 15.0 Å². The van der Waals surface area contributed by atoms with E-state index in [2.05, 4.69) is 5.32 Å². The predicted octanol–water partition coefficient (Wildman–Crippen LogP) is 1.52. The number of benzene rings is 2. The van der Waals surface area contributed by atoms with Crippen LogP contribution in [0.15, 0.2) is 42.5 Å². The Bertz CT molecular complexity index is 781. The third-order valence-corrected chi connectivity index (χ3v) is 3.76. The molecule has 2 aromatic rings. The van der Waals surface area contributed by atoms with Crippen LogP contribution in [0.2, 0.25) is 0 Å². The first-order chi connectivity index (χ1) is 11.9. The summed E-state index contributed by atoms with van der Waals surface area (Å²) in [6, 6.07) is 13.6. The Morgan fingerprint density at radius 2 is 1.76 bits per heavy atom. The zero-order chi connectivity index (χ0) is 18.4. The number of rotatable bonds is 6. The van der Waals surface area contributed by atoms with Gasteiger partial charge in [-0.3, -0.25) is 14.4 Å². The van der Waals surface area contributed by atoms with Crippen LogP contribution in [-0.2, 0) is 25.5 Å². The fourth-order valence-electron chi connectivity index (χ4n) is 2.51. The molecule has 0 bridgehead atoms. The third-order valence-electron chi connectivity index (χ3n) is 3.76. The Morgan fingerprint density at radius 3 is 2.48 bits per heavy atom. The number of likely N-dealkylation sites (N-methyl/N-ethyl adjacent to an activating group) is 1. The molecule has 6 nitrogen and oxygen atoms in total. The average molecular weight is 342 g/mol. The van der Waals surface area contributed by atoms with E-state index in [4.69, 9.17) is 4.74 Å². The quantitative estimate of drug-likeness (QED) is 0.808. The summed E-state index contributed by atoms with van der Waals surface area (Å²) in [6.07, 6.45) is -0.710. The highest BCUT2D eigenvalue weighted by Gasteiger charge is 2.19. The van der Waals surface area contributed by atoms with E-state index in [1.807, 2.05) is 42.5 Å². The van der Waals surface area contributed by atoms with Crippen molar-refractivity contribution in [2.75, 3.05) is 20.6 Å². The standard InChI is InChI=1S/C19H22N2O4/c1-13(19(24)21(2)3)25-18(23)12-20-17(22)11-15-9-6-8-14-7-4-5-10-16(14)15/h4-10,13H,11-12H2,1-3H3,(H,20,22)/t13-/m0/s1. The fourth-order valence-corrected chi connectivity index (χ4v) is 2.51. The summed E-state index contributed by atoms with van der Waals surface area (Å²) in [6.45, 7) is 1.23. The Hall–Kier alpha value is -2.89. The highest BCUT2D eigenvalue weighted by molar-refractivity contribution is 5.91. The van der Waals surface area contributed by atoms with Crippen LogP contribution in [0.25, 0.3) is 10.8 Å². The topological polar surface area (TPSA) is 75.7 Å². The van der Waals surface area contributed by atoms with Gasteiger partial charge in [0.25, 0.3) is 5.91 Å². The molecule has 2 rings (SSSR count). The fraction of sp³-hybridized carbons (Fsp3) is 0.316. The first kappa shape index (κ1) is 18.4. The van der Waals surface area contributed by atoms with Crippen molar-refractivity contribution in [2.24, 2.45) is 0 Å². The number of carbonyl (C=O) groups is 3. The molecule has 0 heterocycles. The largest absolute Gasteiger partial charge is 0.451 e. The number of ether oxygens (including phenoxy) is 1. The summed E-state index contributed by atoms with van der Waals surface area (Å²) >= 11 is 0. The van der Waals surface area contributed by atoms with E-state index in [9.17, 15) is 14.4 Å². The van der Waals surface area contributed by atoms with E-state index >= 15 is 0 Å². The van der Waals surface area contributed by atoms with E-state index in [1.165, 1.54) is 11.8 Å². The Morgan fingerprint density at radius 1 is 1.08 bits per heavy atom. The van der Waals surface area contributed by atoms with Crippen molar-refractivity contribution in [3.8, 4) is 0 Å². The molecular formula is C19H22N2O4. The number of hydrogen-bond acceptors (Lipinski definition) is 4. The van der Waals surface area contributed by atoms with Crippen LogP contribution in [0.5, 0.6) is 0 Å². The summed E-state index contributed by atoms with van der Waals surface area (Å²) in [7, 11) is 3.16. The second kappa shape index (κ2) is 8.28. The van der Waals surface area contributed by atoms with Gasteiger partial charge in [-0.25, -0.2) is 0 Å². The van der Waals surface area contributed by atoms with Gasteiger partial charge in [0.15, 0.2) is 6.10 Å². The monoisotopic (exact) mass is 342 g/mol. The molecule has 25 heavy (non-hydrogen) atoms. The number of carbonyl (C=O) groups excluding carboxylic acids is 3. The maximum absolute atomic E-state index is 12.1. The lowest BCUT2D eigenvalue weighted by molar-refractivity contribution is -0.157. The zero-order valence-corrected chi connectivity index (χ0v) is 14.6. The van der Waals surface area contributed by atoms with Crippen LogP contribution in [0, 0.1) is 0 Å². The minimum absolute atomic E-state index is 0.167. The van der Waals surface area contributed by atoms with Gasteiger partial charge in [-0.05, 0) is 23.3 Å². The van der Waals surface area contributed by atoms with Crippen molar-refractivity contribution >= 4 is 28.6 Å². The molecule has 0 spiro atoms. The van der Waals surface area contributed by atoms with Crippen LogP contribution >= 0.6 is 0 Å². The van der Waals surface area contributed by atoms with Crippen LogP contribution in [0.4, 0.5) is 0 Å². The van der Waals surface area contributed by atoms with Crippen molar-refractivity contribution in [1.82, 2.24) is 10.2 Å². The SMILES string of the molecule is C[C@H](OC(=O)CNC(=O)Cc1cccc2ccccc12)C(=O)N(C)C. The number of fused-ring (bicyclic) bond motifs is 1. The van der Waals surface area contributed by atoms with Crippen molar-refractivity contribution < 1.29 is 19.1 Å². The molecule has 0 saturated heterocycles. The van der Waals surface area contributed by atoms with Crippen molar-refractivity contribution in [1.29, 1.82) is 0 Å². The normalized spacial score (nSPS) is 11.6. The van der Waals surface area contributed by atoms with Crippen molar-refractivity contribution in [3.63, 3.8) is 0 Å². The molecule has 0 unspecified atom stereocenters. The summed E-state index contributed by atoms with van der Waals surface area (Å²) < 4.78 is 5.00. The van der Waals surface area contributed by atoms with Crippen LogP contribution in [0.1, 0.15) is 12.5 Å². The molecule has 2 aromatic carbocycles. The van der Waals surface area contributed by atoms with E-state index in [0.717, 1.165) is 16.3 Å². The molecule has 6 heteroatoms. The lowest BCUT2D eigenvalue weighted by Gasteiger charge is -2.17. The molecule has 132 valence electrons. The molecule has 0 saturated carbocycles. The first-order valence-corrected chi connectivity index (χ1v) is 8.02. The molecule has 0 aliphatic carbocycles. The highest BCUT2D eigenvalue weighted by Crippen LogP contribution is 2.18. The van der Waals surface area contributed by atoms with Gasteiger partial charge in [-0.1, -0.05) is 42.5 Å². The Kier molecular flexibility index (Phi) is 6.11. The first-order valence-electron chi connectivity index (χ1n) is 8.02. The Balaban J connectivity index is 1.88. The predicted molar refractivity (Wildman–Crippen MR) is 94.9 cm³/mol. The van der Waals surface area contributed by atoms with E-state index in [-0.39, 0.29) is 24.8 Å². The van der Waals surface area contributed by atoms with Gasteiger partial charge in [0.05, 0.1) is 6.42 Å². The number of nitrogens with zero attached hydrogens (tertiary/aromatic N) is 1. The third kappa shape index (κ3) is 5.04. The van der Waals surface area contributed by atoms with Gasteiger partial charge in [0, 0.05) is 14.1 Å². The van der Waals surface area contributed by atoms with E-state index in [0.29, 0.717) is 0 Å². The van der Waals surface area contributed by atoms with Crippen LogP contribution in [-0.4, -0.2) is 49.4 Å². The molecule has 0 aliphatic rings. The smallest absolute Gasteiger partial charge is 0.326 e. The molecular weight excluding hydrogens is 320 g/mol. The van der Waals surface area contributed by atoms with Crippen molar-refractivity contribution in [2.45, 2.75) is 19.4 Å². The second-order valence-electron chi connectivity index (χ2n) is 5.96. The second-order valence-corrected chi connectivity index (χ2v) is 5.96. The van der Waals surface area contributed by atoms with Gasteiger partial charge in [0.2, 0.25) is 5.91 Å². The number of esters is 1. The van der Waals surface area contributed by atoms with Gasteiger partial charge in [-0.15, -0.1) is 0 Å². The summed E-state index contributed by atoms with van der Waals surface area (Å²) in [5, 5.41) is 4.60. The maximum Gasteiger partial charge on any atom is 0.326 e. The molecule has 1 atom stereocenters. The van der Waals surface area contributed by atoms with E-state index < -0.39 is 12.1 Å². The minimum atomic E-state index is -0.877. The lowest BCUT2D eigenvalue weighted by atomic mass is 10.0. The lowest BCUT2D eigenvalue weighted by Crippen LogP contribution is -2.38. The molecule has 0 aliphatic heterocycles. The molecule has 0 aromatic heterocycles. The molecule has 2 amide bonds. The van der Waals surface area contributed by atoms with Crippen LogP contribution < -0.4 is 5.32 Å². The van der Waals surface area contributed by atoms with Crippen LogP contribution in [0.3, 0.4) is 0 Å². The number of hydrogen-bond donors (Lipinski definition) is 1. The maximum atomic E-state index is 12.1. The van der Waals surface area contributed by atoms with E-state index in [1.54, 1.807) is 14.1 Å². The van der Waals surface area contributed by atoms with Crippen molar-refractivity contribution in [3.05, 3.63) is 48.0 Å². The number of amides is 2. The van der Waals surface area contributed by atoms with Gasteiger partial charge in [0.1, 0.15) is 6.54 Å². The molecule has 1 N–H and O–H groups in total. The summed E-state index contributed by atoms with van der Waals surface area (Å²) in [5.74, 6) is -1.23. The minimum Gasteiger partial charge on any atom is -0.451 e. The molecule has 0 radical (unpaired) electrons. The highest BCUT2D eigenvalue weighted by atomic mass is 16.5. The zero-order valence-electron chi connectivity index (χ0n) is 14.6. The summed E-state index contributed by atoms with van der Waals surface area (Å²) in [5.41, 5.74) is 0.889. The van der Waals surface area contributed by atoms with Gasteiger partial charge >= 0.3 is 5.97 Å². The average Bonchev–Trinajstić information content (AvgIpc) is 2.59. The number of nitrogens with one attached hydrogen (secondary N) is 1.